The molecule has 0 atom stereocenters. The summed E-state index contributed by atoms with van der Waals surface area (Å²) in [6, 6.07) is 5.05. The summed E-state index contributed by atoms with van der Waals surface area (Å²) in [4.78, 5) is 4.54. The maximum atomic E-state index is 13.1. The SMILES string of the molecule is Cn1ccnc1SCC1CCN(S(=O)(=O)c2cccc3c2OCCO3)CC1. The molecule has 0 radical (unpaired) electrons. The van der Waals surface area contributed by atoms with Crippen LogP contribution in [0.3, 0.4) is 0 Å². The van der Waals surface area contributed by atoms with Gasteiger partial charge in [-0.1, -0.05) is 17.8 Å². The number of imidazole rings is 1. The molecule has 146 valence electrons. The van der Waals surface area contributed by atoms with Gasteiger partial charge < -0.3 is 14.0 Å². The van der Waals surface area contributed by atoms with Gasteiger partial charge in [0.2, 0.25) is 10.0 Å². The summed E-state index contributed by atoms with van der Waals surface area (Å²) in [5.74, 6) is 2.29. The van der Waals surface area contributed by atoms with Crippen LogP contribution in [0.15, 0.2) is 40.6 Å². The van der Waals surface area contributed by atoms with Crippen LogP contribution in [0.4, 0.5) is 0 Å². The van der Waals surface area contributed by atoms with E-state index in [0.29, 0.717) is 43.7 Å². The third-order valence-electron chi connectivity index (χ3n) is 4.95. The van der Waals surface area contributed by atoms with Gasteiger partial charge in [0.15, 0.2) is 16.7 Å². The molecule has 3 heterocycles. The Balaban J connectivity index is 1.41. The maximum Gasteiger partial charge on any atom is 0.246 e. The predicted molar refractivity (Wildman–Crippen MR) is 103 cm³/mol. The smallest absolute Gasteiger partial charge is 0.246 e. The standard InChI is InChI=1S/C18H23N3O4S2/c1-20-10-7-19-18(20)26-13-14-5-8-21(9-6-14)27(22,23)16-4-2-3-15-17(16)25-12-11-24-15/h2-4,7,10,14H,5-6,8-9,11-13H2,1H3. The first-order valence-corrected chi connectivity index (χ1v) is 11.5. The van der Waals surface area contributed by atoms with Crippen molar-refractivity contribution < 1.29 is 17.9 Å². The summed E-state index contributed by atoms with van der Waals surface area (Å²) in [6.07, 6.45) is 5.43. The van der Waals surface area contributed by atoms with Crippen molar-refractivity contribution in [2.24, 2.45) is 13.0 Å². The molecular formula is C18H23N3O4S2. The molecule has 27 heavy (non-hydrogen) atoms. The second-order valence-corrected chi connectivity index (χ2v) is 9.65. The highest BCUT2D eigenvalue weighted by Gasteiger charge is 2.33. The van der Waals surface area contributed by atoms with Crippen molar-refractivity contribution >= 4 is 21.8 Å². The van der Waals surface area contributed by atoms with Crippen LogP contribution in [0.1, 0.15) is 12.8 Å². The zero-order chi connectivity index (χ0) is 18.9. The molecule has 1 aromatic heterocycles. The van der Waals surface area contributed by atoms with E-state index in [4.69, 9.17) is 9.47 Å². The number of para-hydroxylation sites is 1. The molecule has 2 aromatic rings. The largest absolute Gasteiger partial charge is 0.486 e. The van der Waals surface area contributed by atoms with Gasteiger partial charge in [-0.2, -0.15) is 4.31 Å². The van der Waals surface area contributed by atoms with Crippen LogP contribution < -0.4 is 9.47 Å². The number of sulfonamides is 1. The van der Waals surface area contributed by atoms with Crippen LogP contribution in [0.2, 0.25) is 0 Å². The summed E-state index contributed by atoms with van der Waals surface area (Å²) in [6.45, 7) is 1.86. The highest BCUT2D eigenvalue weighted by Crippen LogP contribution is 2.38. The molecule has 7 nitrogen and oxygen atoms in total. The van der Waals surface area contributed by atoms with Crippen LogP contribution >= 0.6 is 11.8 Å². The molecule has 1 saturated heterocycles. The summed E-state index contributed by atoms with van der Waals surface area (Å²) >= 11 is 1.73. The van der Waals surface area contributed by atoms with Crippen LogP contribution in [-0.2, 0) is 17.1 Å². The van der Waals surface area contributed by atoms with E-state index in [-0.39, 0.29) is 4.90 Å². The average molecular weight is 410 g/mol. The third kappa shape index (κ3) is 3.81. The minimum Gasteiger partial charge on any atom is -0.486 e. The molecule has 0 amide bonds. The van der Waals surface area contributed by atoms with E-state index < -0.39 is 10.0 Å². The first kappa shape index (κ1) is 18.6. The lowest BCUT2D eigenvalue weighted by Gasteiger charge is -2.32. The number of piperidine rings is 1. The highest BCUT2D eigenvalue weighted by atomic mass is 32.2. The van der Waals surface area contributed by atoms with E-state index in [2.05, 4.69) is 4.98 Å². The van der Waals surface area contributed by atoms with Crippen LogP contribution in [-0.4, -0.2) is 54.3 Å². The van der Waals surface area contributed by atoms with Crippen molar-refractivity contribution in [1.82, 2.24) is 13.9 Å². The number of benzene rings is 1. The lowest BCUT2D eigenvalue weighted by Crippen LogP contribution is -2.39. The number of nitrogens with zero attached hydrogens (tertiary/aromatic N) is 3. The number of rotatable bonds is 5. The van der Waals surface area contributed by atoms with E-state index in [9.17, 15) is 8.42 Å². The fraction of sp³-hybridized carbons (Fsp3) is 0.500. The second kappa shape index (κ2) is 7.73. The lowest BCUT2D eigenvalue weighted by molar-refractivity contribution is 0.166. The van der Waals surface area contributed by atoms with Crippen molar-refractivity contribution in [3.8, 4) is 11.5 Å². The molecule has 0 bridgehead atoms. The van der Waals surface area contributed by atoms with Crippen molar-refractivity contribution in [2.75, 3.05) is 32.1 Å². The van der Waals surface area contributed by atoms with Crippen LogP contribution in [0, 0.1) is 5.92 Å². The van der Waals surface area contributed by atoms with E-state index in [1.54, 1.807) is 40.5 Å². The van der Waals surface area contributed by atoms with Gasteiger partial charge in [-0.05, 0) is 30.9 Å². The molecule has 0 unspecified atom stereocenters. The Morgan fingerprint density at radius 2 is 2.00 bits per heavy atom. The number of aryl methyl sites for hydroxylation is 1. The first-order valence-electron chi connectivity index (χ1n) is 9.04. The summed E-state index contributed by atoms with van der Waals surface area (Å²) in [5, 5.41) is 0.998. The molecule has 9 heteroatoms. The van der Waals surface area contributed by atoms with Gasteiger partial charge in [0.1, 0.15) is 18.1 Å². The average Bonchev–Trinajstić information content (AvgIpc) is 3.11. The van der Waals surface area contributed by atoms with Crippen LogP contribution in [0.25, 0.3) is 0 Å². The molecule has 0 aliphatic carbocycles. The molecule has 4 rings (SSSR count). The van der Waals surface area contributed by atoms with E-state index in [0.717, 1.165) is 23.8 Å². The van der Waals surface area contributed by atoms with Gasteiger partial charge in [0.05, 0.1) is 0 Å². The van der Waals surface area contributed by atoms with Crippen molar-refractivity contribution in [1.29, 1.82) is 0 Å². The first-order chi connectivity index (χ1) is 13.1. The highest BCUT2D eigenvalue weighted by molar-refractivity contribution is 7.99. The van der Waals surface area contributed by atoms with Gasteiger partial charge in [-0.15, -0.1) is 0 Å². The maximum absolute atomic E-state index is 13.1. The lowest BCUT2D eigenvalue weighted by atomic mass is 10.0. The van der Waals surface area contributed by atoms with Gasteiger partial charge in [-0.25, -0.2) is 13.4 Å². The Kier molecular flexibility index (Phi) is 5.34. The van der Waals surface area contributed by atoms with Gasteiger partial charge in [0, 0.05) is 38.3 Å². The number of aromatic nitrogens is 2. The molecule has 1 fully saturated rings. The molecule has 0 spiro atoms. The quantitative estimate of drug-likeness (QED) is 0.706. The fourth-order valence-electron chi connectivity index (χ4n) is 3.39. The Morgan fingerprint density at radius 1 is 1.22 bits per heavy atom. The minimum absolute atomic E-state index is 0.209. The minimum atomic E-state index is -3.59. The topological polar surface area (TPSA) is 73.7 Å². The van der Waals surface area contributed by atoms with Gasteiger partial charge in [-0.3, -0.25) is 0 Å². The number of fused-ring (bicyclic) bond motifs is 1. The predicted octanol–water partition coefficient (Wildman–Crippen LogP) is 2.38. The number of hydrogen-bond acceptors (Lipinski definition) is 6. The number of ether oxygens (including phenoxy) is 2. The summed E-state index contributed by atoms with van der Waals surface area (Å²) in [5.41, 5.74) is 0. The van der Waals surface area contributed by atoms with E-state index >= 15 is 0 Å². The van der Waals surface area contributed by atoms with Gasteiger partial charge >= 0.3 is 0 Å². The number of hydrogen-bond donors (Lipinski definition) is 0. The molecule has 0 N–H and O–H groups in total. The molecule has 0 saturated carbocycles. The zero-order valence-electron chi connectivity index (χ0n) is 15.2. The monoisotopic (exact) mass is 409 g/mol. The summed E-state index contributed by atoms with van der Waals surface area (Å²) in [7, 11) is -1.60. The Bertz CT molecular complexity index is 905. The molecule has 2 aliphatic rings. The van der Waals surface area contributed by atoms with E-state index in [1.807, 2.05) is 17.8 Å². The van der Waals surface area contributed by atoms with Crippen LogP contribution in [0.5, 0.6) is 11.5 Å². The summed E-state index contributed by atoms with van der Waals surface area (Å²) < 4.78 is 41.0. The fourth-order valence-corrected chi connectivity index (χ4v) is 6.12. The van der Waals surface area contributed by atoms with E-state index in [1.165, 1.54) is 0 Å². The second-order valence-electron chi connectivity index (χ2n) is 6.76. The molecule has 1 aromatic carbocycles. The van der Waals surface area contributed by atoms with Crippen molar-refractivity contribution in [3.05, 3.63) is 30.6 Å². The number of thioether (sulfide) groups is 1. The Hall–Kier alpha value is -1.71. The van der Waals surface area contributed by atoms with Crippen molar-refractivity contribution in [2.45, 2.75) is 22.9 Å². The van der Waals surface area contributed by atoms with Gasteiger partial charge in [0.25, 0.3) is 0 Å². The molecule has 2 aliphatic heterocycles. The zero-order valence-corrected chi connectivity index (χ0v) is 16.8. The Labute approximate surface area is 163 Å². The third-order valence-corrected chi connectivity index (χ3v) is 8.16. The van der Waals surface area contributed by atoms with Crippen molar-refractivity contribution in [3.63, 3.8) is 0 Å². The normalized spacial score (nSPS) is 18.6. The molecular weight excluding hydrogens is 386 g/mol. The Morgan fingerprint density at radius 3 is 2.74 bits per heavy atom.